The van der Waals surface area contributed by atoms with Gasteiger partial charge < -0.3 is 14.7 Å². The van der Waals surface area contributed by atoms with E-state index in [4.69, 9.17) is 4.74 Å². The molecule has 6 nitrogen and oxygen atoms in total. The Morgan fingerprint density at radius 1 is 1.32 bits per heavy atom. The van der Waals surface area contributed by atoms with E-state index in [1.54, 1.807) is 17.3 Å². The van der Waals surface area contributed by atoms with Crippen LogP contribution in [-0.4, -0.2) is 57.3 Å². The van der Waals surface area contributed by atoms with E-state index in [1.807, 2.05) is 0 Å². The van der Waals surface area contributed by atoms with Crippen molar-refractivity contribution >= 4 is 5.91 Å². The van der Waals surface area contributed by atoms with E-state index in [0.29, 0.717) is 37.6 Å². The first-order valence-corrected chi connectivity index (χ1v) is 8.11. The maximum Gasteiger partial charge on any atom is 0.257 e. The molecule has 3 aliphatic rings. The average Bonchev–Trinajstić information content (AvgIpc) is 3.30. The van der Waals surface area contributed by atoms with Crippen molar-refractivity contribution in [2.24, 2.45) is 0 Å². The molecular formula is C16H21N3O3. The highest BCUT2D eigenvalue weighted by Crippen LogP contribution is 2.38. The molecule has 6 heteroatoms. The summed E-state index contributed by atoms with van der Waals surface area (Å²) in [7, 11) is 0. The second-order valence-corrected chi connectivity index (χ2v) is 6.65. The van der Waals surface area contributed by atoms with Crippen LogP contribution in [0.1, 0.15) is 54.2 Å². The second-order valence-electron chi connectivity index (χ2n) is 6.65. The Balaban J connectivity index is 1.49. The highest BCUT2D eigenvalue weighted by Gasteiger charge is 2.47. The van der Waals surface area contributed by atoms with Crippen molar-refractivity contribution in [2.75, 3.05) is 19.7 Å². The lowest BCUT2D eigenvalue weighted by Crippen LogP contribution is -2.57. The Morgan fingerprint density at radius 3 is 2.73 bits per heavy atom. The van der Waals surface area contributed by atoms with Crippen LogP contribution in [0.25, 0.3) is 0 Å². The topological polar surface area (TPSA) is 75.6 Å². The number of ether oxygens (including phenoxy) is 1. The zero-order valence-electron chi connectivity index (χ0n) is 12.6. The quantitative estimate of drug-likeness (QED) is 0.886. The fraction of sp³-hybridized carbons (Fsp3) is 0.688. The van der Waals surface area contributed by atoms with Crippen LogP contribution in [0.5, 0.6) is 0 Å². The molecule has 4 rings (SSSR count). The highest BCUT2D eigenvalue weighted by molar-refractivity contribution is 5.93. The number of likely N-dealkylation sites (tertiary alicyclic amines) is 1. The van der Waals surface area contributed by atoms with Gasteiger partial charge in [-0.2, -0.15) is 0 Å². The first-order chi connectivity index (χ1) is 10.7. The van der Waals surface area contributed by atoms with Crippen LogP contribution in [0, 0.1) is 0 Å². The van der Waals surface area contributed by atoms with Gasteiger partial charge in [0.2, 0.25) is 0 Å². The lowest BCUT2D eigenvalue weighted by Gasteiger charge is -2.43. The Morgan fingerprint density at radius 2 is 2.09 bits per heavy atom. The number of amides is 1. The normalized spacial score (nSPS) is 31.7. The summed E-state index contributed by atoms with van der Waals surface area (Å²) in [4.78, 5) is 23.1. The van der Waals surface area contributed by atoms with Gasteiger partial charge in [0.05, 0.1) is 18.2 Å². The Bertz CT molecular complexity index is 565. The third kappa shape index (κ3) is 2.40. The van der Waals surface area contributed by atoms with Crippen molar-refractivity contribution in [3.05, 3.63) is 23.8 Å². The first-order valence-electron chi connectivity index (χ1n) is 8.11. The lowest BCUT2D eigenvalue weighted by atomic mass is 9.87. The summed E-state index contributed by atoms with van der Waals surface area (Å²) in [6.45, 7) is 1.67. The van der Waals surface area contributed by atoms with Gasteiger partial charge in [-0.05, 0) is 32.1 Å². The standard InChI is InChI=1S/C16H21N3O3/c20-13-4-6-19(10-16(13)5-1-7-22-16)15(21)12-8-17-14(18-9-12)11-2-3-11/h8-9,11,13,20H,1-7,10H2/t13-,16-/m0/s1. The molecule has 1 spiro atoms. The number of aliphatic hydroxyl groups is 1. The summed E-state index contributed by atoms with van der Waals surface area (Å²) >= 11 is 0. The Hall–Kier alpha value is -1.53. The van der Waals surface area contributed by atoms with E-state index in [-0.39, 0.29) is 5.91 Å². The van der Waals surface area contributed by atoms with Gasteiger partial charge in [-0.3, -0.25) is 4.79 Å². The molecule has 1 aromatic heterocycles. The number of nitrogens with zero attached hydrogens (tertiary/aromatic N) is 3. The van der Waals surface area contributed by atoms with Gasteiger partial charge in [-0.25, -0.2) is 9.97 Å². The summed E-state index contributed by atoms with van der Waals surface area (Å²) in [5.74, 6) is 1.27. The van der Waals surface area contributed by atoms with Crippen molar-refractivity contribution < 1.29 is 14.6 Å². The van der Waals surface area contributed by atoms with Crippen LogP contribution in [0.4, 0.5) is 0 Å². The van der Waals surface area contributed by atoms with Gasteiger partial charge in [-0.1, -0.05) is 0 Å². The minimum absolute atomic E-state index is 0.0656. The Labute approximate surface area is 129 Å². The monoisotopic (exact) mass is 303 g/mol. The summed E-state index contributed by atoms with van der Waals surface area (Å²) < 4.78 is 5.79. The molecule has 0 aromatic carbocycles. The van der Waals surface area contributed by atoms with Gasteiger partial charge in [0.1, 0.15) is 11.4 Å². The molecular weight excluding hydrogens is 282 g/mol. The number of carbonyl (C=O) groups is 1. The number of rotatable bonds is 2. The third-order valence-electron chi connectivity index (χ3n) is 5.02. The lowest BCUT2D eigenvalue weighted by molar-refractivity contribution is -0.124. The molecule has 0 radical (unpaired) electrons. The highest BCUT2D eigenvalue weighted by atomic mass is 16.5. The molecule has 1 saturated carbocycles. The van der Waals surface area contributed by atoms with Crippen LogP contribution < -0.4 is 0 Å². The zero-order chi connectivity index (χ0) is 15.2. The van der Waals surface area contributed by atoms with Crippen LogP contribution >= 0.6 is 0 Å². The molecule has 2 saturated heterocycles. The minimum Gasteiger partial charge on any atom is -0.390 e. The first kappa shape index (κ1) is 14.1. The maximum absolute atomic E-state index is 12.7. The van der Waals surface area contributed by atoms with E-state index in [1.165, 1.54) is 0 Å². The van der Waals surface area contributed by atoms with Crippen molar-refractivity contribution in [2.45, 2.75) is 49.7 Å². The largest absolute Gasteiger partial charge is 0.390 e. The fourth-order valence-electron chi connectivity index (χ4n) is 3.51. The van der Waals surface area contributed by atoms with Crippen molar-refractivity contribution in [1.82, 2.24) is 14.9 Å². The second kappa shape index (κ2) is 5.28. The number of carbonyl (C=O) groups excluding carboxylic acids is 1. The summed E-state index contributed by atoms with van der Waals surface area (Å²) in [6, 6.07) is 0. The molecule has 2 aliphatic heterocycles. The molecule has 1 amide bonds. The molecule has 1 aliphatic carbocycles. The van der Waals surface area contributed by atoms with Gasteiger partial charge in [-0.15, -0.1) is 0 Å². The molecule has 0 bridgehead atoms. The van der Waals surface area contributed by atoms with Gasteiger partial charge in [0, 0.05) is 31.5 Å². The van der Waals surface area contributed by atoms with Crippen LogP contribution in [0.2, 0.25) is 0 Å². The molecule has 1 N–H and O–H groups in total. The van der Waals surface area contributed by atoms with E-state index in [9.17, 15) is 9.90 Å². The van der Waals surface area contributed by atoms with Crippen LogP contribution in [0.3, 0.4) is 0 Å². The average molecular weight is 303 g/mol. The maximum atomic E-state index is 12.7. The van der Waals surface area contributed by atoms with E-state index in [2.05, 4.69) is 9.97 Å². The van der Waals surface area contributed by atoms with E-state index >= 15 is 0 Å². The molecule has 3 heterocycles. The van der Waals surface area contributed by atoms with Gasteiger partial charge >= 0.3 is 0 Å². The molecule has 0 unspecified atom stereocenters. The van der Waals surface area contributed by atoms with E-state index in [0.717, 1.165) is 31.5 Å². The fourth-order valence-corrected chi connectivity index (χ4v) is 3.51. The minimum atomic E-state index is -0.567. The van der Waals surface area contributed by atoms with Gasteiger partial charge in [0.15, 0.2) is 0 Å². The van der Waals surface area contributed by atoms with Crippen molar-refractivity contribution in [3.63, 3.8) is 0 Å². The van der Waals surface area contributed by atoms with Crippen LogP contribution in [-0.2, 0) is 4.74 Å². The number of hydrogen-bond donors (Lipinski definition) is 1. The Kier molecular flexibility index (Phi) is 3.38. The molecule has 22 heavy (non-hydrogen) atoms. The number of aromatic nitrogens is 2. The summed E-state index contributed by atoms with van der Waals surface area (Å²) in [6.07, 6.45) is 7.41. The third-order valence-corrected chi connectivity index (χ3v) is 5.02. The zero-order valence-corrected chi connectivity index (χ0v) is 12.6. The smallest absolute Gasteiger partial charge is 0.257 e. The summed E-state index contributed by atoms with van der Waals surface area (Å²) in [5, 5.41) is 10.2. The van der Waals surface area contributed by atoms with Crippen LogP contribution in [0.15, 0.2) is 12.4 Å². The van der Waals surface area contributed by atoms with Crippen molar-refractivity contribution in [1.29, 1.82) is 0 Å². The molecule has 1 aromatic rings. The van der Waals surface area contributed by atoms with Gasteiger partial charge in [0.25, 0.3) is 5.91 Å². The number of hydrogen-bond acceptors (Lipinski definition) is 5. The predicted molar refractivity (Wildman–Crippen MR) is 78.5 cm³/mol. The number of piperidine rings is 1. The van der Waals surface area contributed by atoms with E-state index < -0.39 is 11.7 Å². The molecule has 3 fully saturated rings. The SMILES string of the molecule is O=C(c1cnc(C2CC2)nc1)N1CC[C@H](O)[C@]2(CCCO2)C1. The van der Waals surface area contributed by atoms with Crippen molar-refractivity contribution in [3.8, 4) is 0 Å². The summed E-state index contributed by atoms with van der Waals surface area (Å²) in [5.41, 5.74) is -0.0446. The molecule has 118 valence electrons. The number of aliphatic hydroxyl groups excluding tert-OH is 1. The predicted octanol–water partition coefficient (Wildman–Crippen LogP) is 1.11. The molecule has 2 atom stereocenters.